The Morgan fingerprint density at radius 1 is 1.20 bits per heavy atom. The summed E-state index contributed by atoms with van der Waals surface area (Å²) in [5.74, 6) is 1.26. The molecule has 1 aromatic carbocycles. The Labute approximate surface area is 120 Å². The smallest absolute Gasteiger partial charge is 0.246 e. The van der Waals surface area contributed by atoms with Crippen molar-refractivity contribution >= 4 is 5.91 Å². The van der Waals surface area contributed by atoms with E-state index >= 15 is 0 Å². The topological polar surface area (TPSA) is 56.8 Å². The molecule has 0 bridgehead atoms. The van der Waals surface area contributed by atoms with Gasteiger partial charge in [0, 0.05) is 7.11 Å². The van der Waals surface area contributed by atoms with Gasteiger partial charge in [0.2, 0.25) is 5.91 Å². The first-order chi connectivity index (χ1) is 9.62. The lowest BCUT2D eigenvalue weighted by atomic mass is 10.1. The van der Waals surface area contributed by atoms with Gasteiger partial charge in [-0.05, 0) is 38.5 Å². The van der Waals surface area contributed by atoms with Gasteiger partial charge in [-0.3, -0.25) is 4.79 Å². The standard InChI is InChI=1S/C15H23NO4/c1-5-19-13-8-7-12(9-14(13)20-6-2)11(3)16-15(17)10-18-4/h7-9,11H,5-6,10H2,1-4H3,(H,16,17). The Morgan fingerprint density at radius 3 is 2.45 bits per heavy atom. The summed E-state index contributed by atoms with van der Waals surface area (Å²) in [6.45, 7) is 6.97. The van der Waals surface area contributed by atoms with Crippen molar-refractivity contribution < 1.29 is 19.0 Å². The molecule has 1 aromatic rings. The fourth-order valence-electron chi connectivity index (χ4n) is 1.83. The molecule has 0 aliphatic rings. The van der Waals surface area contributed by atoms with Crippen LogP contribution < -0.4 is 14.8 Å². The molecule has 0 saturated carbocycles. The van der Waals surface area contributed by atoms with E-state index in [4.69, 9.17) is 14.2 Å². The normalized spacial score (nSPS) is 11.8. The Morgan fingerprint density at radius 2 is 1.85 bits per heavy atom. The monoisotopic (exact) mass is 281 g/mol. The molecule has 0 aliphatic heterocycles. The van der Waals surface area contributed by atoms with Crippen LogP contribution in [0.3, 0.4) is 0 Å². The molecule has 1 N–H and O–H groups in total. The van der Waals surface area contributed by atoms with Crippen LogP contribution >= 0.6 is 0 Å². The summed E-state index contributed by atoms with van der Waals surface area (Å²) in [4.78, 5) is 11.5. The van der Waals surface area contributed by atoms with Crippen molar-refractivity contribution in [2.24, 2.45) is 0 Å². The molecular formula is C15H23NO4. The van der Waals surface area contributed by atoms with Crippen LogP contribution in [0.15, 0.2) is 18.2 Å². The molecule has 0 aliphatic carbocycles. The maximum absolute atomic E-state index is 11.5. The van der Waals surface area contributed by atoms with Crippen molar-refractivity contribution in [2.75, 3.05) is 26.9 Å². The van der Waals surface area contributed by atoms with Crippen molar-refractivity contribution in [3.05, 3.63) is 23.8 Å². The zero-order valence-corrected chi connectivity index (χ0v) is 12.6. The van der Waals surface area contributed by atoms with E-state index in [0.717, 1.165) is 5.56 Å². The number of ether oxygens (including phenoxy) is 3. The highest BCUT2D eigenvalue weighted by Crippen LogP contribution is 2.30. The summed E-state index contributed by atoms with van der Waals surface area (Å²) in [5.41, 5.74) is 0.960. The lowest BCUT2D eigenvalue weighted by Gasteiger charge is -2.17. The van der Waals surface area contributed by atoms with Gasteiger partial charge in [-0.15, -0.1) is 0 Å². The molecule has 0 heterocycles. The number of benzene rings is 1. The molecule has 0 aromatic heterocycles. The number of methoxy groups -OCH3 is 1. The molecule has 112 valence electrons. The Kier molecular flexibility index (Phi) is 6.87. The summed E-state index contributed by atoms with van der Waals surface area (Å²) in [6.07, 6.45) is 0. The third-order valence-electron chi connectivity index (χ3n) is 2.72. The van der Waals surface area contributed by atoms with Crippen molar-refractivity contribution in [3.8, 4) is 11.5 Å². The van der Waals surface area contributed by atoms with Gasteiger partial charge < -0.3 is 19.5 Å². The quantitative estimate of drug-likeness (QED) is 0.794. The number of amides is 1. The second-order valence-corrected chi connectivity index (χ2v) is 4.29. The summed E-state index contributed by atoms with van der Waals surface area (Å²) >= 11 is 0. The molecule has 1 unspecified atom stereocenters. The van der Waals surface area contributed by atoms with Crippen LogP contribution in [-0.2, 0) is 9.53 Å². The summed E-state index contributed by atoms with van der Waals surface area (Å²) < 4.78 is 15.9. The summed E-state index contributed by atoms with van der Waals surface area (Å²) in [7, 11) is 1.49. The largest absolute Gasteiger partial charge is 0.490 e. The molecule has 20 heavy (non-hydrogen) atoms. The minimum atomic E-state index is -0.146. The molecule has 5 heteroatoms. The first-order valence-corrected chi connectivity index (χ1v) is 6.80. The zero-order chi connectivity index (χ0) is 15.0. The van der Waals surface area contributed by atoms with Gasteiger partial charge in [-0.25, -0.2) is 0 Å². The van der Waals surface area contributed by atoms with Gasteiger partial charge in [-0.1, -0.05) is 6.07 Å². The lowest BCUT2D eigenvalue weighted by molar-refractivity contribution is -0.125. The highest BCUT2D eigenvalue weighted by molar-refractivity contribution is 5.77. The molecule has 1 amide bonds. The second-order valence-electron chi connectivity index (χ2n) is 4.29. The van der Waals surface area contributed by atoms with Gasteiger partial charge in [0.05, 0.1) is 19.3 Å². The highest BCUT2D eigenvalue weighted by Gasteiger charge is 2.13. The van der Waals surface area contributed by atoms with Crippen LogP contribution in [-0.4, -0.2) is 32.8 Å². The Balaban J connectivity index is 2.84. The van der Waals surface area contributed by atoms with Crippen molar-refractivity contribution in [1.82, 2.24) is 5.32 Å². The third kappa shape index (κ3) is 4.74. The summed E-state index contributed by atoms with van der Waals surface area (Å²) in [6, 6.07) is 5.56. The fraction of sp³-hybridized carbons (Fsp3) is 0.533. The minimum Gasteiger partial charge on any atom is -0.490 e. The van der Waals surface area contributed by atoms with Crippen LogP contribution in [0.4, 0.5) is 0 Å². The number of rotatable bonds is 8. The molecule has 0 saturated heterocycles. The van der Waals surface area contributed by atoms with E-state index in [2.05, 4.69) is 5.32 Å². The van der Waals surface area contributed by atoms with E-state index in [-0.39, 0.29) is 18.6 Å². The first-order valence-electron chi connectivity index (χ1n) is 6.80. The van der Waals surface area contributed by atoms with E-state index in [1.165, 1.54) is 7.11 Å². The fourth-order valence-corrected chi connectivity index (χ4v) is 1.83. The van der Waals surface area contributed by atoms with E-state index in [0.29, 0.717) is 24.7 Å². The predicted molar refractivity (Wildman–Crippen MR) is 77.2 cm³/mol. The third-order valence-corrected chi connectivity index (χ3v) is 2.72. The van der Waals surface area contributed by atoms with Gasteiger partial charge in [-0.2, -0.15) is 0 Å². The maximum Gasteiger partial charge on any atom is 0.246 e. The van der Waals surface area contributed by atoms with E-state index in [1.807, 2.05) is 39.0 Å². The second kappa shape index (κ2) is 8.43. The number of hydrogen-bond acceptors (Lipinski definition) is 4. The number of carbonyl (C=O) groups is 1. The van der Waals surface area contributed by atoms with E-state index in [9.17, 15) is 4.79 Å². The molecule has 5 nitrogen and oxygen atoms in total. The minimum absolute atomic E-state index is 0.0552. The van der Waals surface area contributed by atoms with Crippen LogP contribution in [0, 0.1) is 0 Å². The van der Waals surface area contributed by atoms with E-state index in [1.54, 1.807) is 0 Å². The molecule has 1 atom stereocenters. The Bertz CT molecular complexity index is 434. The molecule has 0 fully saturated rings. The van der Waals surface area contributed by atoms with Crippen molar-refractivity contribution in [1.29, 1.82) is 0 Å². The van der Waals surface area contributed by atoms with Crippen LogP contribution in [0.1, 0.15) is 32.4 Å². The van der Waals surface area contributed by atoms with Crippen molar-refractivity contribution in [3.63, 3.8) is 0 Å². The predicted octanol–water partition coefficient (Wildman–Crippen LogP) is 2.31. The first kappa shape index (κ1) is 16.3. The van der Waals surface area contributed by atoms with Crippen LogP contribution in [0.5, 0.6) is 11.5 Å². The molecule has 0 radical (unpaired) electrons. The van der Waals surface area contributed by atoms with Gasteiger partial charge >= 0.3 is 0 Å². The maximum atomic E-state index is 11.5. The zero-order valence-electron chi connectivity index (χ0n) is 12.6. The number of carbonyl (C=O) groups excluding carboxylic acids is 1. The lowest BCUT2D eigenvalue weighted by Crippen LogP contribution is -2.29. The average Bonchev–Trinajstić information content (AvgIpc) is 2.41. The van der Waals surface area contributed by atoms with Crippen LogP contribution in [0.25, 0.3) is 0 Å². The molecule has 1 rings (SSSR count). The number of hydrogen-bond donors (Lipinski definition) is 1. The van der Waals surface area contributed by atoms with Crippen molar-refractivity contribution in [2.45, 2.75) is 26.8 Å². The number of nitrogens with one attached hydrogen (secondary N) is 1. The van der Waals surface area contributed by atoms with Crippen LogP contribution in [0.2, 0.25) is 0 Å². The molecular weight excluding hydrogens is 258 g/mol. The van der Waals surface area contributed by atoms with Gasteiger partial charge in [0.25, 0.3) is 0 Å². The average molecular weight is 281 g/mol. The van der Waals surface area contributed by atoms with Gasteiger partial charge in [0.15, 0.2) is 11.5 Å². The summed E-state index contributed by atoms with van der Waals surface area (Å²) in [5, 5.41) is 2.86. The Hall–Kier alpha value is -1.75. The molecule has 0 spiro atoms. The van der Waals surface area contributed by atoms with Gasteiger partial charge in [0.1, 0.15) is 6.61 Å². The SMILES string of the molecule is CCOc1ccc(C(C)NC(=O)COC)cc1OCC. The van der Waals surface area contributed by atoms with E-state index < -0.39 is 0 Å². The highest BCUT2D eigenvalue weighted by atomic mass is 16.5.